The van der Waals surface area contributed by atoms with E-state index in [1.165, 1.54) is 0 Å². The minimum Gasteiger partial charge on any atom is -0.473 e. The Morgan fingerprint density at radius 2 is 1.08 bits per heavy atom. The number of carbonyl (C=O) groups is 2. The van der Waals surface area contributed by atoms with Crippen LogP contribution in [-0.4, -0.2) is 22.2 Å². The molecule has 2 rings (SSSR count). The zero-order chi connectivity index (χ0) is 19.0. The van der Waals surface area contributed by atoms with Gasteiger partial charge >= 0.3 is 11.9 Å². The maximum Gasteiger partial charge on any atom is 0.414 e. The molecule has 0 aliphatic rings. The average Bonchev–Trinajstić information content (AvgIpc) is 2.55. The first-order valence-corrected chi connectivity index (χ1v) is 8.26. The van der Waals surface area contributed by atoms with Gasteiger partial charge in [0.1, 0.15) is 0 Å². The molecule has 2 aromatic rings. The van der Waals surface area contributed by atoms with Crippen LogP contribution >= 0.6 is 46.4 Å². The van der Waals surface area contributed by atoms with Crippen LogP contribution in [0.4, 0.5) is 0 Å². The lowest BCUT2D eigenvalue weighted by Crippen LogP contribution is -2.12. The van der Waals surface area contributed by atoms with E-state index >= 15 is 0 Å². The molecular weight excluding hydrogens is 412 g/mol. The highest BCUT2D eigenvalue weighted by atomic mass is 35.5. The molecule has 2 aromatic carbocycles. The Balaban J connectivity index is 0.000000450. The molecule has 3 N–H and O–H groups in total. The maximum atomic E-state index is 9.10. The van der Waals surface area contributed by atoms with Gasteiger partial charge in [-0.05, 0) is 35.4 Å². The van der Waals surface area contributed by atoms with Gasteiger partial charge in [0.15, 0.2) is 0 Å². The standard InChI is InChI=1S/C14H11Cl4N.C2H2O4/c15-11-3-1-9(5-13(11)17)7-19-8-10-2-4-12(16)14(18)6-10;3-1(4)2(5)6/h1-6,19H,7-8H2;(H,3,4)(H,5,6). The van der Waals surface area contributed by atoms with Crippen LogP contribution in [0.2, 0.25) is 20.1 Å². The third-order valence-electron chi connectivity index (χ3n) is 2.81. The number of carboxylic acid groups (broad SMARTS) is 2. The number of hydrogen-bond donors (Lipinski definition) is 3. The quantitative estimate of drug-likeness (QED) is 0.616. The Labute approximate surface area is 164 Å². The Bertz CT molecular complexity index is 704. The zero-order valence-electron chi connectivity index (χ0n) is 12.6. The summed E-state index contributed by atoms with van der Waals surface area (Å²) in [5, 5.41) is 20.4. The largest absolute Gasteiger partial charge is 0.473 e. The number of nitrogens with one attached hydrogen (secondary N) is 1. The highest BCUT2D eigenvalue weighted by molar-refractivity contribution is 6.42. The number of halogens is 4. The molecule has 0 aliphatic heterocycles. The van der Waals surface area contributed by atoms with Crippen molar-refractivity contribution in [1.82, 2.24) is 5.32 Å². The summed E-state index contributed by atoms with van der Waals surface area (Å²) in [6.45, 7) is 1.41. The summed E-state index contributed by atoms with van der Waals surface area (Å²) in [4.78, 5) is 18.2. The lowest BCUT2D eigenvalue weighted by molar-refractivity contribution is -0.159. The molecule has 0 atom stereocenters. The van der Waals surface area contributed by atoms with E-state index in [1.807, 2.05) is 24.3 Å². The van der Waals surface area contributed by atoms with E-state index in [-0.39, 0.29) is 0 Å². The van der Waals surface area contributed by atoms with Gasteiger partial charge in [-0.25, -0.2) is 9.59 Å². The highest BCUT2D eigenvalue weighted by Gasteiger charge is 2.04. The van der Waals surface area contributed by atoms with Crippen LogP contribution in [-0.2, 0) is 22.7 Å². The molecule has 0 amide bonds. The van der Waals surface area contributed by atoms with Crippen LogP contribution in [0.3, 0.4) is 0 Å². The molecule has 0 radical (unpaired) electrons. The van der Waals surface area contributed by atoms with Gasteiger partial charge in [-0.15, -0.1) is 0 Å². The summed E-state index contributed by atoms with van der Waals surface area (Å²) in [6, 6.07) is 11.2. The first-order valence-electron chi connectivity index (χ1n) is 6.75. The molecule has 0 unspecified atom stereocenters. The molecule has 0 aliphatic carbocycles. The Morgan fingerprint density at radius 3 is 1.36 bits per heavy atom. The van der Waals surface area contributed by atoms with Crippen LogP contribution in [0.25, 0.3) is 0 Å². The lowest BCUT2D eigenvalue weighted by atomic mass is 10.2. The molecular formula is C16H13Cl4NO4. The summed E-state index contributed by atoms with van der Waals surface area (Å²) in [5.74, 6) is -3.65. The van der Waals surface area contributed by atoms with Crippen LogP contribution < -0.4 is 5.32 Å². The van der Waals surface area contributed by atoms with Crippen LogP contribution in [0.5, 0.6) is 0 Å². The molecule has 0 heterocycles. The fourth-order valence-electron chi connectivity index (χ4n) is 1.65. The van der Waals surface area contributed by atoms with Crippen molar-refractivity contribution in [3.05, 3.63) is 67.6 Å². The van der Waals surface area contributed by atoms with Crippen LogP contribution in [0.15, 0.2) is 36.4 Å². The second-order valence-electron chi connectivity index (χ2n) is 4.71. The Hall–Kier alpha value is -1.50. The second kappa shape index (κ2) is 10.5. The molecule has 0 saturated carbocycles. The number of rotatable bonds is 4. The fraction of sp³-hybridized carbons (Fsp3) is 0.125. The monoisotopic (exact) mass is 423 g/mol. The first kappa shape index (κ1) is 21.5. The van der Waals surface area contributed by atoms with Gasteiger partial charge in [0.25, 0.3) is 0 Å². The Morgan fingerprint density at radius 1 is 0.720 bits per heavy atom. The molecule has 0 bridgehead atoms. The molecule has 0 aromatic heterocycles. The fourth-order valence-corrected chi connectivity index (χ4v) is 2.29. The topological polar surface area (TPSA) is 86.6 Å². The summed E-state index contributed by atoms with van der Waals surface area (Å²) in [6.07, 6.45) is 0. The predicted octanol–water partition coefficient (Wildman–Crippen LogP) is 4.75. The molecule has 0 fully saturated rings. The van der Waals surface area contributed by atoms with Crippen molar-refractivity contribution in [2.24, 2.45) is 0 Å². The van der Waals surface area contributed by atoms with E-state index in [0.717, 1.165) is 11.1 Å². The van der Waals surface area contributed by atoms with E-state index in [2.05, 4.69) is 5.32 Å². The first-order chi connectivity index (χ1) is 11.7. The summed E-state index contributed by atoms with van der Waals surface area (Å²) < 4.78 is 0. The lowest BCUT2D eigenvalue weighted by Gasteiger charge is -2.07. The number of hydrogen-bond acceptors (Lipinski definition) is 3. The van der Waals surface area contributed by atoms with Gasteiger partial charge in [0.05, 0.1) is 20.1 Å². The summed E-state index contributed by atoms with van der Waals surface area (Å²) in [5.41, 5.74) is 2.16. The van der Waals surface area contributed by atoms with Crippen molar-refractivity contribution in [2.45, 2.75) is 13.1 Å². The average molecular weight is 425 g/mol. The molecule has 5 nitrogen and oxygen atoms in total. The molecule has 25 heavy (non-hydrogen) atoms. The predicted molar refractivity (Wildman–Crippen MR) is 98.7 cm³/mol. The van der Waals surface area contributed by atoms with E-state index in [1.54, 1.807) is 12.1 Å². The third-order valence-corrected chi connectivity index (χ3v) is 4.29. The smallest absolute Gasteiger partial charge is 0.414 e. The van der Waals surface area contributed by atoms with Crippen molar-refractivity contribution >= 4 is 58.3 Å². The van der Waals surface area contributed by atoms with Crippen molar-refractivity contribution in [2.75, 3.05) is 0 Å². The van der Waals surface area contributed by atoms with Crippen molar-refractivity contribution in [3.63, 3.8) is 0 Å². The van der Waals surface area contributed by atoms with Crippen molar-refractivity contribution in [3.8, 4) is 0 Å². The van der Waals surface area contributed by atoms with E-state index < -0.39 is 11.9 Å². The third kappa shape index (κ3) is 7.94. The highest BCUT2D eigenvalue weighted by Crippen LogP contribution is 2.23. The summed E-state index contributed by atoms with van der Waals surface area (Å²) in [7, 11) is 0. The van der Waals surface area contributed by atoms with Crippen molar-refractivity contribution in [1.29, 1.82) is 0 Å². The van der Waals surface area contributed by atoms with E-state index in [0.29, 0.717) is 33.2 Å². The van der Waals surface area contributed by atoms with E-state index in [4.69, 9.17) is 66.2 Å². The number of aliphatic carboxylic acids is 2. The van der Waals surface area contributed by atoms with Gasteiger partial charge < -0.3 is 15.5 Å². The zero-order valence-corrected chi connectivity index (χ0v) is 15.6. The molecule has 134 valence electrons. The van der Waals surface area contributed by atoms with Gasteiger partial charge in [-0.1, -0.05) is 58.5 Å². The number of benzene rings is 2. The minimum absolute atomic E-state index is 0.565. The van der Waals surface area contributed by atoms with Crippen LogP contribution in [0, 0.1) is 0 Å². The van der Waals surface area contributed by atoms with Crippen molar-refractivity contribution < 1.29 is 19.8 Å². The van der Waals surface area contributed by atoms with Gasteiger partial charge in [0.2, 0.25) is 0 Å². The number of carboxylic acids is 2. The molecule has 9 heteroatoms. The van der Waals surface area contributed by atoms with Gasteiger partial charge in [-0.3, -0.25) is 0 Å². The summed E-state index contributed by atoms with van der Waals surface area (Å²) >= 11 is 23.6. The second-order valence-corrected chi connectivity index (χ2v) is 6.34. The molecule has 0 spiro atoms. The van der Waals surface area contributed by atoms with Gasteiger partial charge in [0, 0.05) is 13.1 Å². The van der Waals surface area contributed by atoms with Gasteiger partial charge in [-0.2, -0.15) is 0 Å². The maximum absolute atomic E-state index is 9.10. The minimum atomic E-state index is -1.82. The Kier molecular flexibility index (Phi) is 9.03. The van der Waals surface area contributed by atoms with Crippen LogP contribution in [0.1, 0.15) is 11.1 Å². The van der Waals surface area contributed by atoms with E-state index in [9.17, 15) is 0 Å². The molecule has 0 saturated heterocycles. The SMILES string of the molecule is Clc1ccc(CNCc2ccc(Cl)c(Cl)c2)cc1Cl.O=C(O)C(=O)O. The normalized spacial score (nSPS) is 9.92.